The van der Waals surface area contributed by atoms with Gasteiger partial charge < -0.3 is 15.4 Å². The van der Waals surface area contributed by atoms with Gasteiger partial charge in [0.15, 0.2) is 0 Å². The monoisotopic (exact) mass is 276 g/mol. The molecule has 1 fully saturated rings. The quantitative estimate of drug-likeness (QED) is 0.892. The van der Waals surface area contributed by atoms with Gasteiger partial charge in [0.05, 0.1) is 13.2 Å². The van der Waals surface area contributed by atoms with Crippen LogP contribution in [0.15, 0.2) is 12.1 Å². The number of benzene rings is 1. The summed E-state index contributed by atoms with van der Waals surface area (Å²) in [5.74, 6) is 1.26. The smallest absolute Gasteiger partial charge is 0.241 e. The van der Waals surface area contributed by atoms with E-state index < -0.39 is 0 Å². The van der Waals surface area contributed by atoms with Crippen molar-refractivity contribution in [2.75, 3.05) is 19.0 Å². The number of piperidine rings is 1. The van der Waals surface area contributed by atoms with E-state index in [1.807, 2.05) is 26.0 Å². The van der Waals surface area contributed by atoms with E-state index in [1.165, 1.54) is 0 Å². The number of rotatable bonds is 3. The van der Waals surface area contributed by atoms with Crippen LogP contribution in [0.5, 0.6) is 5.75 Å². The molecule has 20 heavy (non-hydrogen) atoms. The molecule has 2 N–H and O–H groups in total. The van der Waals surface area contributed by atoms with Crippen LogP contribution in [-0.4, -0.2) is 25.6 Å². The molecule has 1 aliphatic heterocycles. The maximum Gasteiger partial charge on any atom is 0.241 e. The summed E-state index contributed by atoms with van der Waals surface area (Å²) in [6.45, 7) is 7.01. The van der Waals surface area contributed by atoms with Crippen molar-refractivity contribution in [3.8, 4) is 5.75 Å². The van der Waals surface area contributed by atoms with Gasteiger partial charge in [-0.1, -0.05) is 13.0 Å². The lowest BCUT2D eigenvalue weighted by Crippen LogP contribution is -2.48. The molecule has 0 spiro atoms. The summed E-state index contributed by atoms with van der Waals surface area (Å²) in [7, 11) is 1.66. The van der Waals surface area contributed by atoms with Crippen LogP contribution in [-0.2, 0) is 4.79 Å². The fraction of sp³-hybridized carbons (Fsp3) is 0.562. The first-order chi connectivity index (χ1) is 9.54. The molecule has 1 aromatic rings. The van der Waals surface area contributed by atoms with Crippen molar-refractivity contribution in [2.45, 2.75) is 39.7 Å². The lowest BCUT2D eigenvalue weighted by molar-refractivity contribution is -0.119. The molecular formula is C16H24N2O2. The molecule has 4 heteroatoms. The number of amides is 1. The highest BCUT2D eigenvalue weighted by Crippen LogP contribution is 2.29. The van der Waals surface area contributed by atoms with Crippen molar-refractivity contribution in [2.24, 2.45) is 5.92 Å². The maximum atomic E-state index is 12.4. The average Bonchev–Trinajstić information content (AvgIpc) is 2.43. The van der Waals surface area contributed by atoms with Gasteiger partial charge in [-0.05, 0) is 50.8 Å². The highest BCUT2D eigenvalue weighted by atomic mass is 16.5. The van der Waals surface area contributed by atoms with E-state index >= 15 is 0 Å². The third-order valence-corrected chi connectivity index (χ3v) is 4.12. The zero-order chi connectivity index (χ0) is 14.7. The second kappa shape index (κ2) is 6.27. The van der Waals surface area contributed by atoms with Gasteiger partial charge in [0.25, 0.3) is 0 Å². The summed E-state index contributed by atoms with van der Waals surface area (Å²) in [5, 5.41) is 6.34. The Balaban J connectivity index is 2.15. The molecule has 1 aromatic carbocycles. The van der Waals surface area contributed by atoms with Crippen LogP contribution in [0, 0.1) is 19.8 Å². The standard InChI is InChI=1S/C16H24N2O2/c1-10-6-5-9-17-14(10)16(19)18-13-8-7-11(2)15(20-4)12(13)3/h7-8,10,14,17H,5-6,9H2,1-4H3,(H,18,19). The summed E-state index contributed by atoms with van der Waals surface area (Å²) < 4.78 is 5.40. The first-order valence-electron chi connectivity index (χ1n) is 7.23. The largest absolute Gasteiger partial charge is 0.496 e. The Morgan fingerprint density at radius 1 is 1.40 bits per heavy atom. The van der Waals surface area contributed by atoms with Crippen LogP contribution in [0.3, 0.4) is 0 Å². The van der Waals surface area contributed by atoms with Crippen molar-refractivity contribution >= 4 is 11.6 Å². The van der Waals surface area contributed by atoms with Crippen LogP contribution >= 0.6 is 0 Å². The second-order valence-electron chi connectivity index (χ2n) is 5.63. The van der Waals surface area contributed by atoms with Crippen molar-refractivity contribution < 1.29 is 9.53 Å². The topological polar surface area (TPSA) is 50.4 Å². The van der Waals surface area contributed by atoms with Crippen LogP contribution in [0.1, 0.15) is 30.9 Å². The summed E-state index contributed by atoms with van der Waals surface area (Å²) in [6, 6.07) is 3.81. The van der Waals surface area contributed by atoms with Crippen LogP contribution < -0.4 is 15.4 Å². The molecule has 1 aliphatic rings. The molecule has 0 saturated carbocycles. The molecule has 0 aromatic heterocycles. The normalized spacial score (nSPS) is 22.4. The predicted octanol–water partition coefficient (Wildman–Crippen LogP) is 2.64. The van der Waals surface area contributed by atoms with Crippen molar-refractivity contribution in [3.63, 3.8) is 0 Å². The van der Waals surface area contributed by atoms with Crippen LogP contribution in [0.2, 0.25) is 0 Å². The van der Waals surface area contributed by atoms with Crippen LogP contribution in [0.25, 0.3) is 0 Å². The predicted molar refractivity (Wildman–Crippen MR) is 81.3 cm³/mol. The van der Waals surface area contributed by atoms with Gasteiger partial charge in [0.1, 0.15) is 5.75 Å². The van der Waals surface area contributed by atoms with Crippen molar-refractivity contribution in [3.05, 3.63) is 23.3 Å². The number of carbonyl (C=O) groups excluding carboxylic acids is 1. The molecule has 0 bridgehead atoms. The van der Waals surface area contributed by atoms with E-state index in [2.05, 4.69) is 17.6 Å². The molecule has 1 heterocycles. The molecule has 0 aliphatic carbocycles. The molecule has 2 unspecified atom stereocenters. The van der Waals surface area contributed by atoms with Gasteiger partial charge >= 0.3 is 0 Å². The average molecular weight is 276 g/mol. The highest BCUT2D eigenvalue weighted by Gasteiger charge is 2.27. The molecule has 0 radical (unpaired) electrons. The second-order valence-corrected chi connectivity index (χ2v) is 5.63. The lowest BCUT2D eigenvalue weighted by Gasteiger charge is -2.29. The van der Waals surface area contributed by atoms with Crippen molar-refractivity contribution in [1.29, 1.82) is 0 Å². The van der Waals surface area contributed by atoms with Gasteiger partial charge in [0, 0.05) is 11.3 Å². The Bertz CT molecular complexity index is 499. The van der Waals surface area contributed by atoms with Gasteiger partial charge in [-0.15, -0.1) is 0 Å². The minimum atomic E-state index is -0.101. The summed E-state index contributed by atoms with van der Waals surface area (Å²) in [4.78, 5) is 12.4. The number of carbonyl (C=O) groups is 1. The van der Waals surface area contributed by atoms with Crippen LogP contribution in [0.4, 0.5) is 5.69 Å². The zero-order valence-corrected chi connectivity index (χ0v) is 12.7. The summed E-state index contributed by atoms with van der Waals surface area (Å²) in [5.41, 5.74) is 2.88. The Labute approximate surface area is 120 Å². The Morgan fingerprint density at radius 3 is 2.80 bits per heavy atom. The SMILES string of the molecule is COc1c(C)ccc(NC(=O)C2NCCCC2C)c1C. The number of aryl methyl sites for hydroxylation is 1. The minimum Gasteiger partial charge on any atom is -0.496 e. The van der Waals surface area contributed by atoms with E-state index in [1.54, 1.807) is 7.11 Å². The van der Waals surface area contributed by atoms with Crippen molar-refractivity contribution in [1.82, 2.24) is 5.32 Å². The van der Waals surface area contributed by atoms with E-state index in [9.17, 15) is 4.79 Å². The fourth-order valence-electron chi connectivity index (χ4n) is 2.89. The Hall–Kier alpha value is -1.55. The number of nitrogens with one attached hydrogen (secondary N) is 2. The van der Waals surface area contributed by atoms with Gasteiger partial charge in [-0.3, -0.25) is 4.79 Å². The fourth-order valence-corrected chi connectivity index (χ4v) is 2.89. The van der Waals surface area contributed by atoms with E-state index in [0.717, 1.165) is 42.0 Å². The summed E-state index contributed by atoms with van der Waals surface area (Å²) in [6.07, 6.45) is 2.24. The molecule has 2 atom stereocenters. The first-order valence-corrected chi connectivity index (χ1v) is 7.23. The number of methoxy groups -OCH3 is 1. The third-order valence-electron chi connectivity index (χ3n) is 4.12. The molecular weight excluding hydrogens is 252 g/mol. The molecule has 2 rings (SSSR count). The maximum absolute atomic E-state index is 12.4. The zero-order valence-electron chi connectivity index (χ0n) is 12.7. The Kier molecular flexibility index (Phi) is 4.65. The van der Waals surface area contributed by atoms with E-state index in [-0.39, 0.29) is 11.9 Å². The third kappa shape index (κ3) is 2.96. The number of ether oxygens (including phenoxy) is 1. The van der Waals surface area contributed by atoms with E-state index in [0.29, 0.717) is 5.92 Å². The number of hydrogen-bond donors (Lipinski definition) is 2. The Morgan fingerprint density at radius 2 is 2.15 bits per heavy atom. The van der Waals surface area contributed by atoms with Gasteiger partial charge in [0.2, 0.25) is 5.91 Å². The number of anilines is 1. The lowest BCUT2D eigenvalue weighted by atomic mass is 9.92. The van der Waals surface area contributed by atoms with Gasteiger partial charge in [-0.25, -0.2) is 0 Å². The first kappa shape index (κ1) is 14.9. The van der Waals surface area contributed by atoms with E-state index in [4.69, 9.17) is 4.74 Å². The minimum absolute atomic E-state index is 0.0474. The molecule has 110 valence electrons. The highest BCUT2D eigenvalue weighted by molar-refractivity contribution is 5.96. The molecule has 4 nitrogen and oxygen atoms in total. The summed E-state index contributed by atoms with van der Waals surface area (Å²) >= 11 is 0. The molecule has 1 amide bonds. The van der Waals surface area contributed by atoms with Gasteiger partial charge in [-0.2, -0.15) is 0 Å². The molecule has 1 saturated heterocycles. The number of hydrogen-bond acceptors (Lipinski definition) is 3.